The second kappa shape index (κ2) is 11.4. The first-order valence-corrected chi connectivity index (χ1v) is 11.8. The molecule has 7 nitrogen and oxygen atoms in total. The molecule has 178 valence electrons. The van der Waals surface area contributed by atoms with Crippen molar-refractivity contribution < 1.29 is 23.9 Å². The third kappa shape index (κ3) is 6.08. The lowest BCUT2D eigenvalue weighted by atomic mass is 10.1. The minimum absolute atomic E-state index is 0.125. The highest BCUT2D eigenvalue weighted by atomic mass is 35.5. The molecule has 1 heterocycles. The summed E-state index contributed by atoms with van der Waals surface area (Å²) in [6, 6.07) is 11.7. The second-order valence-electron chi connectivity index (χ2n) is 7.14. The molecule has 0 unspecified atom stereocenters. The summed E-state index contributed by atoms with van der Waals surface area (Å²) in [7, 11) is 0. The summed E-state index contributed by atoms with van der Waals surface area (Å²) in [5, 5.41) is 6.73. The van der Waals surface area contributed by atoms with Crippen molar-refractivity contribution in [1.29, 1.82) is 0 Å². The van der Waals surface area contributed by atoms with Crippen LogP contribution in [0.25, 0.3) is 0 Å². The fourth-order valence-corrected chi connectivity index (χ4v) is 4.44. The summed E-state index contributed by atoms with van der Waals surface area (Å²) in [6.07, 6.45) is 0. The van der Waals surface area contributed by atoms with Crippen LogP contribution in [0.4, 0.5) is 10.7 Å². The van der Waals surface area contributed by atoms with Crippen LogP contribution in [0, 0.1) is 13.8 Å². The van der Waals surface area contributed by atoms with Gasteiger partial charge in [0, 0.05) is 15.7 Å². The van der Waals surface area contributed by atoms with Gasteiger partial charge in [-0.2, -0.15) is 0 Å². The molecule has 0 saturated heterocycles. The van der Waals surface area contributed by atoms with Crippen molar-refractivity contribution in [3.63, 3.8) is 0 Å². The summed E-state index contributed by atoms with van der Waals surface area (Å²) in [5.41, 5.74) is 1.78. The number of benzene rings is 2. The smallest absolute Gasteiger partial charge is 0.341 e. The predicted octanol–water partition coefficient (Wildman–Crippen LogP) is 6.12. The molecule has 1 aromatic heterocycles. The molecule has 2 amide bonds. The summed E-state index contributed by atoms with van der Waals surface area (Å²) in [4.78, 5) is 38.4. The molecule has 0 fully saturated rings. The summed E-state index contributed by atoms with van der Waals surface area (Å²) >= 11 is 13.0. The van der Waals surface area contributed by atoms with Gasteiger partial charge in [-0.05, 0) is 68.3 Å². The van der Waals surface area contributed by atoms with Gasteiger partial charge in [-0.25, -0.2) is 4.79 Å². The third-order valence-electron chi connectivity index (χ3n) is 4.78. The van der Waals surface area contributed by atoms with Crippen molar-refractivity contribution in [2.24, 2.45) is 0 Å². The number of thiophene rings is 1. The molecule has 0 bridgehead atoms. The molecule has 10 heteroatoms. The Bertz CT molecular complexity index is 1220. The van der Waals surface area contributed by atoms with E-state index in [4.69, 9.17) is 32.7 Å². The van der Waals surface area contributed by atoms with Crippen molar-refractivity contribution in [1.82, 2.24) is 0 Å². The third-order valence-corrected chi connectivity index (χ3v) is 6.65. The van der Waals surface area contributed by atoms with E-state index in [0.29, 0.717) is 32.6 Å². The first-order valence-electron chi connectivity index (χ1n) is 10.3. The number of ether oxygens (including phenoxy) is 2. The first-order chi connectivity index (χ1) is 16.2. The Kier molecular flexibility index (Phi) is 8.55. The predicted molar refractivity (Wildman–Crippen MR) is 135 cm³/mol. The minimum Gasteiger partial charge on any atom is -0.484 e. The molecule has 0 spiro atoms. The van der Waals surface area contributed by atoms with E-state index < -0.39 is 17.8 Å². The van der Waals surface area contributed by atoms with Gasteiger partial charge in [0.25, 0.3) is 11.8 Å². The lowest BCUT2D eigenvalue weighted by molar-refractivity contribution is -0.118. The van der Waals surface area contributed by atoms with E-state index in [1.165, 1.54) is 0 Å². The molecule has 0 aliphatic rings. The van der Waals surface area contributed by atoms with Crippen LogP contribution in [0.2, 0.25) is 10.0 Å². The van der Waals surface area contributed by atoms with Crippen LogP contribution < -0.4 is 15.4 Å². The van der Waals surface area contributed by atoms with Gasteiger partial charge < -0.3 is 20.1 Å². The van der Waals surface area contributed by atoms with Crippen LogP contribution in [-0.4, -0.2) is 31.0 Å². The first kappa shape index (κ1) is 25.6. The molecule has 0 aliphatic heterocycles. The topological polar surface area (TPSA) is 93.7 Å². The zero-order valence-corrected chi connectivity index (χ0v) is 21.0. The van der Waals surface area contributed by atoms with Gasteiger partial charge in [0.15, 0.2) is 6.61 Å². The highest BCUT2D eigenvalue weighted by Gasteiger charge is 2.27. The number of anilines is 2. The van der Waals surface area contributed by atoms with E-state index in [-0.39, 0.29) is 28.7 Å². The highest BCUT2D eigenvalue weighted by molar-refractivity contribution is 7.19. The van der Waals surface area contributed by atoms with Crippen molar-refractivity contribution >= 4 is 63.0 Å². The maximum absolute atomic E-state index is 13.0. The summed E-state index contributed by atoms with van der Waals surface area (Å²) in [6.45, 7) is 4.93. The van der Waals surface area contributed by atoms with E-state index >= 15 is 0 Å². The van der Waals surface area contributed by atoms with Gasteiger partial charge >= 0.3 is 5.97 Å². The Morgan fingerprint density at radius 2 is 1.68 bits per heavy atom. The number of carbonyl (C=O) groups is 3. The number of esters is 1. The molecule has 0 radical (unpaired) electrons. The van der Waals surface area contributed by atoms with Gasteiger partial charge in [-0.15, -0.1) is 11.3 Å². The molecule has 3 rings (SSSR count). The minimum atomic E-state index is -0.636. The van der Waals surface area contributed by atoms with E-state index in [2.05, 4.69) is 10.6 Å². The molecule has 2 aromatic carbocycles. The molecule has 0 saturated carbocycles. The molecule has 0 aliphatic carbocycles. The maximum atomic E-state index is 13.0. The van der Waals surface area contributed by atoms with Crippen molar-refractivity contribution in [3.05, 3.63) is 74.1 Å². The van der Waals surface area contributed by atoms with Crippen LogP contribution in [-0.2, 0) is 9.53 Å². The molecule has 3 aromatic rings. The van der Waals surface area contributed by atoms with E-state index in [9.17, 15) is 14.4 Å². The van der Waals surface area contributed by atoms with Crippen LogP contribution in [0.5, 0.6) is 5.75 Å². The number of nitrogens with one attached hydrogen (secondary N) is 2. The fraction of sp³-hybridized carbons (Fsp3) is 0.208. The standard InChI is InChI=1S/C24H22Cl2N2O5S/c1-4-32-24(31)20-14(3)21(22(30)27-18-7-5-6-17(26)13(18)2)34-23(20)28-19(29)12-33-16-10-8-15(25)9-11-16/h5-11H,4,12H2,1-3H3,(H,27,30)(H,28,29). The average molecular weight is 521 g/mol. The van der Waals surface area contributed by atoms with Gasteiger partial charge in [0.1, 0.15) is 10.8 Å². The molecular weight excluding hydrogens is 499 g/mol. The van der Waals surface area contributed by atoms with E-state index in [1.807, 2.05) is 0 Å². The Labute approximate surface area is 211 Å². The lowest BCUT2D eigenvalue weighted by Crippen LogP contribution is -2.21. The number of hydrogen-bond acceptors (Lipinski definition) is 6. The van der Waals surface area contributed by atoms with Crippen molar-refractivity contribution in [2.45, 2.75) is 20.8 Å². The van der Waals surface area contributed by atoms with Gasteiger partial charge in [0.05, 0.1) is 17.0 Å². The molecule has 2 N–H and O–H groups in total. The van der Waals surface area contributed by atoms with Gasteiger partial charge in [0.2, 0.25) is 0 Å². The van der Waals surface area contributed by atoms with Gasteiger partial charge in [-0.3, -0.25) is 9.59 Å². The number of hydrogen-bond donors (Lipinski definition) is 2. The van der Waals surface area contributed by atoms with Crippen LogP contribution in [0.15, 0.2) is 42.5 Å². The molecule has 0 atom stereocenters. The zero-order valence-electron chi connectivity index (χ0n) is 18.7. The number of amides is 2. The van der Waals surface area contributed by atoms with E-state index in [0.717, 1.165) is 11.3 Å². The van der Waals surface area contributed by atoms with Crippen LogP contribution in [0.1, 0.15) is 38.1 Å². The Balaban J connectivity index is 1.82. The van der Waals surface area contributed by atoms with Crippen LogP contribution in [0.3, 0.4) is 0 Å². The molecule has 34 heavy (non-hydrogen) atoms. The highest BCUT2D eigenvalue weighted by Crippen LogP contribution is 2.35. The number of halogens is 2. The normalized spacial score (nSPS) is 10.5. The van der Waals surface area contributed by atoms with Crippen molar-refractivity contribution in [3.8, 4) is 5.75 Å². The summed E-state index contributed by atoms with van der Waals surface area (Å²) in [5.74, 6) is -1.11. The quantitative estimate of drug-likeness (QED) is 0.349. The second-order valence-corrected chi connectivity index (χ2v) is 9.00. The van der Waals surface area contributed by atoms with Gasteiger partial charge in [-0.1, -0.05) is 29.3 Å². The summed E-state index contributed by atoms with van der Waals surface area (Å²) < 4.78 is 10.6. The Morgan fingerprint density at radius 3 is 2.35 bits per heavy atom. The molecular formula is C24H22Cl2N2O5S. The SMILES string of the molecule is CCOC(=O)c1c(NC(=O)COc2ccc(Cl)cc2)sc(C(=O)Nc2cccc(Cl)c2C)c1C. The number of rotatable bonds is 8. The Morgan fingerprint density at radius 1 is 0.971 bits per heavy atom. The largest absolute Gasteiger partial charge is 0.484 e. The average Bonchev–Trinajstić information content (AvgIpc) is 3.12. The lowest BCUT2D eigenvalue weighted by Gasteiger charge is -2.09. The zero-order chi connectivity index (χ0) is 24.8. The monoisotopic (exact) mass is 520 g/mol. The maximum Gasteiger partial charge on any atom is 0.341 e. The van der Waals surface area contributed by atoms with Crippen molar-refractivity contribution in [2.75, 3.05) is 23.8 Å². The number of carbonyl (C=O) groups excluding carboxylic acids is 3. The fourth-order valence-electron chi connectivity index (χ4n) is 3.03. The Hall–Kier alpha value is -3.07. The van der Waals surface area contributed by atoms with Crippen LogP contribution >= 0.6 is 34.5 Å². The van der Waals surface area contributed by atoms with E-state index in [1.54, 1.807) is 63.2 Å².